The van der Waals surface area contributed by atoms with E-state index in [1.54, 1.807) is 0 Å². The van der Waals surface area contributed by atoms with Crippen molar-refractivity contribution in [3.8, 4) is 0 Å². The predicted octanol–water partition coefficient (Wildman–Crippen LogP) is 0.755. The Kier molecular flexibility index (Phi) is 2.93. The number of carbonyl (C=O) groups is 1. The molecule has 1 aromatic rings. The fourth-order valence-electron chi connectivity index (χ4n) is 0.934. The van der Waals surface area contributed by atoms with Gasteiger partial charge in [0.15, 0.2) is 5.69 Å². The van der Waals surface area contributed by atoms with Crippen LogP contribution in [0.4, 0.5) is 14.6 Å². The van der Waals surface area contributed by atoms with E-state index >= 15 is 0 Å². The molecular weight excluding hydrogens is 216 g/mol. The Morgan fingerprint density at radius 1 is 1.73 bits per heavy atom. The Morgan fingerprint density at radius 2 is 2.33 bits per heavy atom. The van der Waals surface area contributed by atoms with Gasteiger partial charge in [-0.3, -0.25) is 0 Å². The highest BCUT2D eigenvalue weighted by Crippen LogP contribution is 2.13. The number of nitro groups is 1. The van der Waals surface area contributed by atoms with Crippen LogP contribution in [0.2, 0.25) is 0 Å². The lowest BCUT2D eigenvalue weighted by Gasteiger charge is -1.97. The van der Waals surface area contributed by atoms with Gasteiger partial charge in [-0.1, -0.05) is 0 Å². The zero-order chi connectivity index (χ0) is 11.6. The molecule has 0 fully saturated rings. The van der Waals surface area contributed by atoms with E-state index in [9.17, 15) is 23.7 Å². The van der Waals surface area contributed by atoms with Gasteiger partial charge in [-0.05, 0) is 4.92 Å². The molecule has 0 aliphatic rings. The molecule has 0 aliphatic heterocycles. The molecule has 15 heavy (non-hydrogen) atoms. The molecule has 1 rings (SSSR count). The minimum atomic E-state index is -2.83. The molecular formula is C6H5F2N3O4. The number of aromatic nitrogens is 2. The number of carboxylic acid groups (broad SMARTS) is 1. The van der Waals surface area contributed by atoms with Gasteiger partial charge in [0, 0.05) is 0 Å². The van der Waals surface area contributed by atoms with Crippen molar-refractivity contribution in [3.63, 3.8) is 0 Å². The summed E-state index contributed by atoms with van der Waals surface area (Å²) < 4.78 is 24.3. The molecule has 1 heterocycles. The molecule has 0 spiro atoms. The van der Waals surface area contributed by atoms with Crippen LogP contribution in [0.15, 0.2) is 6.07 Å². The normalized spacial score (nSPS) is 10.6. The zero-order valence-corrected chi connectivity index (χ0v) is 7.13. The summed E-state index contributed by atoms with van der Waals surface area (Å²) in [5, 5.41) is 21.9. The lowest BCUT2D eigenvalue weighted by molar-refractivity contribution is -0.389. The Morgan fingerprint density at radius 3 is 2.73 bits per heavy atom. The fraction of sp³-hybridized carbons (Fsp3) is 0.333. The summed E-state index contributed by atoms with van der Waals surface area (Å²) in [7, 11) is 0. The Bertz CT molecular complexity index is 403. The Labute approximate surface area is 81.1 Å². The maximum Gasteiger partial charge on any atom is 0.390 e. The molecule has 0 radical (unpaired) electrons. The molecule has 0 amide bonds. The van der Waals surface area contributed by atoms with Crippen molar-refractivity contribution in [1.82, 2.24) is 9.78 Å². The van der Waals surface area contributed by atoms with Crippen LogP contribution in [-0.4, -0.2) is 32.2 Å². The first-order chi connectivity index (χ1) is 6.91. The quantitative estimate of drug-likeness (QED) is 0.597. The molecule has 0 saturated heterocycles. The highest BCUT2D eigenvalue weighted by atomic mass is 19.3. The Hall–Kier alpha value is -2.06. The van der Waals surface area contributed by atoms with E-state index in [0.29, 0.717) is 10.7 Å². The SMILES string of the molecule is O=C(O)c1cc([N+](=O)[O-])nn1CC(F)F. The number of rotatable bonds is 4. The van der Waals surface area contributed by atoms with E-state index in [0.717, 1.165) is 0 Å². The number of hydrogen-bond donors (Lipinski definition) is 1. The topological polar surface area (TPSA) is 98.3 Å². The summed E-state index contributed by atoms with van der Waals surface area (Å²) in [6.45, 7) is -0.991. The summed E-state index contributed by atoms with van der Waals surface area (Å²) in [5.41, 5.74) is -0.637. The van der Waals surface area contributed by atoms with Gasteiger partial charge >= 0.3 is 11.8 Å². The molecule has 0 unspecified atom stereocenters. The summed E-state index contributed by atoms with van der Waals surface area (Å²) in [6, 6.07) is 0.630. The number of nitrogens with zero attached hydrogens (tertiary/aromatic N) is 3. The van der Waals surface area contributed by atoms with Crippen molar-refractivity contribution in [2.45, 2.75) is 13.0 Å². The number of carboxylic acids is 1. The predicted molar refractivity (Wildman–Crippen MR) is 41.8 cm³/mol. The maximum atomic E-state index is 12.0. The van der Waals surface area contributed by atoms with Gasteiger partial charge in [0.25, 0.3) is 6.43 Å². The van der Waals surface area contributed by atoms with E-state index in [2.05, 4.69) is 5.10 Å². The van der Waals surface area contributed by atoms with E-state index in [1.165, 1.54) is 0 Å². The Balaban J connectivity index is 3.11. The monoisotopic (exact) mass is 221 g/mol. The molecule has 9 heteroatoms. The van der Waals surface area contributed by atoms with Gasteiger partial charge in [-0.25, -0.2) is 13.6 Å². The first-order valence-electron chi connectivity index (χ1n) is 3.65. The fourth-order valence-corrected chi connectivity index (χ4v) is 0.934. The summed E-state index contributed by atoms with van der Waals surface area (Å²) in [4.78, 5) is 19.8. The average Bonchev–Trinajstić information content (AvgIpc) is 2.46. The van der Waals surface area contributed by atoms with Crippen molar-refractivity contribution < 1.29 is 23.6 Å². The highest BCUT2D eigenvalue weighted by Gasteiger charge is 2.24. The van der Waals surface area contributed by atoms with E-state index in [-0.39, 0.29) is 0 Å². The minimum Gasteiger partial charge on any atom is -0.476 e. The van der Waals surface area contributed by atoms with Crippen LogP contribution >= 0.6 is 0 Å². The third-order valence-corrected chi connectivity index (χ3v) is 1.48. The number of hydrogen-bond acceptors (Lipinski definition) is 4. The van der Waals surface area contributed by atoms with Crippen LogP contribution in [0.25, 0.3) is 0 Å². The van der Waals surface area contributed by atoms with Crippen LogP contribution in [0.5, 0.6) is 0 Å². The van der Waals surface area contributed by atoms with Crippen molar-refractivity contribution in [3.05, 3.63) is 21.9 Å². The van der Waals surface area contributed by atoms with Crippen LogP contribution in [0.3, 0.4) is 0 Å². The second kappa shape index (κ2) is 3.98. The van der Waals surface area contributed by atoms with Crippen LogP contribution in [0, 0.1) is 10.1 Å². The molecule has 0 aliphatic carbocycles. The van der Waals surface area contributed by atoms with Crippen LogP contribution in [-0.2, 0) is 6.54 Å². The number of halogens is 2. The van der Waals surface area contributed by atoms with Gasteiger partial charge in [0.1, 0.15) is 6.54 Å². The van der Waals surface area contributed by atoms with E-state index < -0.39 is 35.4 Å². The third-order valence-electron chi connectivity index (χ3n) is 1.48. The second-order valence-corrected chi connectivity index (χ2v) is 2.52. The van der Waals surface area contributed by atoms with Crippen LogP contribution < -0.4 is 0 Å². The van der Waals surface area contributed by atoms with Crippen molar-refractivity contribution in [1.29, 1.82) is 0 Å². The van der Waals surface area contributed by atoms with E-state index in [4.69, 9.17) is 5.11 Å². The molecule has 7 nitrogen and oxygen atoms in total. The van der Waals surface area contributed by atoms with Gasteiger partial charge < -0.3 is 15.2 Å². The van der Waals surface area contributed by atoms with Crippen LogP contribution in [0.1, 0.15) is 10.5 Å². The summed E-state index contributed by atoms with van der Waals surface area (Å²) >= 11 is 0. The van der Waals surface area contributed by atoms with Gasteiger partial charge in [0.2, 0.25) is 0 Å². The lowest BCUT2D eigenvalue weighted by Crippen LogP contribution is -2.14. The third kappa shape index (κ3) is 2.45. The van der Waals surface area contributed by atoms with Crippen molar-refractivity contribution in [2.75, 3.05) is 0 Å². The molecule has 0 saturated carbocycles. The molecule has 1 aromatic heterocycles. The highest BCUT2D eigenvalue weighted by molar-refractivity contribution is 5.86. The largest absolute Gasteiger partial charge is 0.476 e. The molecule has 0 bridgehead atoms. The first kappa shape index (κ1) is 11.0. The summed E-state index contributed by atoms with van der Waals surface area (Å²) in [6.07, 6.45) is -2.83. The maximum absolute atomic E-state index is 12.0. The summed E-state index contributed by atoms with van der Waals surface area (Å²) in [5.74, 6) is -2.32. The molecule has 1 N–H and O–H groups in total. The van der Waals surface area contributed by atoms with Crippen molar-refractivity contribution in [2.24, 2.45) is 0 Å². The zero-order valence-electron chi connectivity index (χ0n) is 7.13. The van der Waals surface area contributed by atoms with Gasteiger partial charge in [-0.2, -0.15) is 4.68 Å². The molecule has 82 valence electrons. The number of alkyl halides is 2. The number of aromatic carboxylic acids is 1. The first-order valence-corrected chi connectivity index (χ1v) is 3.65. The van der Waals surface area contributed by atoms with Gasteiger partial charge in [-0.15, -0.1) is 0 Å². The van der Waals surface area contributed by atoms with Gasteiger partial charge in [0.05, 0.1) is 11.2 Å². The van der Waals surface area contributed by atoms with E-state index in [1.807, 2.05) is 0 Å². The molecule has 0 aromatic carbocycles. The van der Waals surface area contributed by atoms with Crippen molar-refractivity contribution >= 4 is 11.8 Å². The lowest BCUT2D eigenvalue weighted by atomic mass is 10.4. The average molecular weight is 221 g/mol. The molecule has 0 atom stereocenters. The standard InChI is InChI=1S/C6H5F2N3O4/c7-4(8)2-10-3(6(12)13)1-5(9-10)11(14)15/h1,4H,2H2,(H,12,13). The minimum absolute atomic E-state index is 0.394. The second-order valence-electron chi connectivity index (χ2n) is 2.52. The smallest absolute Gasteiger partial charge is 0.390 e.